The van der Waals surface area contributed by atoms with Gasteiger partial charge in [0.25, 0.3) is 5.91 Å². The van der Waals surface area contributed by atoms with Crippen LogP contribution in [0.2, 0.25) is 0 Å². The van der Waals surface area contributed by atoms with Crippen molar-refractivity contribution in [3.8, 4) is 0 Å². The van der Waals surface area contributed by atoms with Gasteiger partial charge in [-0.25, -0.2) is 4.98 Å². The third-order valence-corrected chi connectivity index (χ3v) is 6.76. The van der Waals surface area contributed by atoms with Crippen molar-refractivity contribution >= 4 is 34.2 Å². The summed E-state index contributed by atoms with van der Waals surface area (Å²) in [5.41, 5.74) is 2.30. The van der Waals surface area contributed by atoms with E-state index in [1.165, 1.54) is 24.2 Å². The highest BCUT2D eigenvalue weighted by atomic mass is 32.1. The molecule has 9 heteroatoms. The van der Waals surface area contributed by atoms with Crippen molar-refractivity contribution in [3.05, 3.63) is 46.5 Å². The first-order chi connectivity index (χ1) is 16.0. The Kier molecular flexibility index (Phi) is 7.72. The average molecular weight is 470 g/mol. The van der Waals surface area contributed by atoms with Crippen LogP contribution in [0.3, 0.4) is 0 Å². The van der Waals surface area contributed by atoms with E-state index in [0.717, 1.165) is 38.0 Å². The SMILES string of the molecule is Cc1ccc(C(=O)N(CC(=O)Nc2nc(CC(=O)NCCN3CCCC3)cs2)C2CC2)cc1. The predicted molar refractivity (Wildman–Crippen MR) is 128 cm³/mol. The molecule has 2 aliphatic rings. The van der Waals surface area contributed by atoms with Gasteiger partial charge in [0.1, 0.15) is 6.54 Å². The first-order valence-corrected chi connectivity index (χ1v) is 12.5. The molecule has 2 aromatic rings. The van der Waals surface area contributed by atoms with Crippen molar-refractivity contribution < 1.29 is 14.4 Å². The molecule has 1 aliphatic carbocycles. The van der Waals surface area contributed by atoms with Crippen molar-refractivity contribution in [1.82, 2.24) is 20.1 Å². The number of hydrogen-bond donors (Lipinski definition) is 2. The Labute approximate surface area is 198 Å². The number of rotatable bonds is 10. The monoisotopic (exact) mass is 469 g/mol. The number of anilines is 1. The summed E-state index contributed by atoms with van der Waals surface area (Å²) in [6, 6.07) is 7.51. The lowest BCUT2D eigenvalue weighted by Crippen LogP contribution is -2.39. The third kappa shape index (κ3) is 6.85. The highest BCUT2D eigenvalue weighted by Crippen LogP contribution is 2.28. The van der Waals surface area contributed by atoms with Gasteiger partial charge in [-0.3, -0.25) is 14.4 Å². The number of aromatic nitrogens is 1. The Morgan fingerprint density at radius 3 is 2.55 bits per heavy atom. The van der Waals surface area contributed by atoms with E-state index in [-0.39, 0.29) is 36.7 Å². The number of benzene rings is 1. The van der Waals surface area contributed by atoms with E-state index >= 15 is 0 Å². The molecule has 8 nitrogen and oxygen atoms in total. The summed E-state index contributed by atoms with van der Waals surface area (Å²) in [6.07, 6.45) is 4.49. The molecule has 1 aromatic heterocycles. The molecule has 0 radical (unpaired) electrons. The number of likely N-dealkylation sites (tertiary alicyclic amines) is 1. The molecule has 2 N–H and O–H groups in total. The van der Waals surface area contributed by atoms with Gasteiger partial charge in [-0.05, 0) is 57.8 Å². The molecular formula is C24H31N5O3S. The van der Waals surface area contributed by atoms with Crippen LogP contribution in [0.1, 0.15) is 47.3 Å². The Bertz CT molecular complexity index is 980. The van der Waals surface area contributed by atoms with Gasteiger partial charge >= 0.3 is 0 Å². The van der Waals surface area contributed by atoms with Crippen LogP contribution in [-0.4, -0.2) is 71.3 Å². The fourth-order valence-corrected chi connectivity index (χ4v) is 4.69. The number of amides is 3. The largest absolute Gasteiger partial charge is 0.354 e. The van der Waals surface area contributed by atoms with Gasteiger partial charge in [-0.1, -0.05) is 17.7 Å². The molecule has 0 bridgehead atoms. The summed E-state index contributed by atoms with van der Waals surface area (Å²) in [5, 5.41) is 7.94. The summed E-state index contributed by atoms with van der Waals surface area (Å²) in [6.45, 7) is 5.70. The second-order valence-electron chi connectivity index (χ2n) is 8.80. The van der Waals surface area contributed by atoms with Gasteiger partial charge in [0.2, 0.25) is 11.8 Å². The van der Waals surface area contributed by atoms with Crippen molar-refractivity contribution in [2.45, 2.75) is 45.1 Å². The first-order valence-electron chi connectivity index (χ1n) is 11.6. The zero-order chi connectivity index (χ0) is 23.2. The molecule has 1 aromatic carbocycles. The van der Waals surface area contributed by atoms with Crippen LogP contribution >= 0.6 is 11.3 Å². The Balaban J connectivity index is 1.24. The molecule has 4 rings (SSSR count). The summed E-state index contributed by atoms with van der Waals surface area (Å²) >= 11 is 1.29. The minimum absolute atomic E-state index is 0.0106. The summed E-state index contributed by atoms with van der Waals surface area (Å²) in [7, 11) is 0. The molecule has 1 saturated heterocycles. The standard InChI is InChI=1S/C24H31N5O3S/c1-17-4-6-18(7-5-17)23(32)29(20-8-9-20)15-22(31)27-24-26-19(16-33-24)14-21(30)25-10-13-28-11-2-3-12-28/h4-7,16,20H,2-3,8-15H2,1H3,(H,25,30)(H,26,27,31). The molecule has 0 spiro atoms. The molecule has 2 heterocycles. The van der Waals surface area contributed by atoms with Gasteiger partial charge in [-0.15, -0.1) is 11.3 Å². The lowest BCUT2D eigenvalue weighted by Gasteiger charge is -2.21. The maximum Gasteiger partial charge on any atom is 0.254 e. The van der Waals surface area contributed by atoms with E-state index in [1.54, 1.807) is 22.4 Å². The van der Waals surface area contributed by atoms with E-state index < -0.39 is 0 Å². The summed E-state index contributed by atoms with van der Waals surface area (Å²) in [5.74, 6) is -0.475. The second-order valence-corrected chi connectivity index (χ2v) is 9.66. The van der Waals surface area contributed by atoms with E-state index in [2.05, 4.69) is 20.5 Å². The van der Waals surface area contributed by atoms with Crippen molar-refractivity contribution in [2.75, 3.05) is 38.0 Å². The summed E-state index contributed by atoms with van der Waals surface area (Å²) in [4.78, 5) is 46.1. The van der Waals surface area contributed by atoms with Crippen LogP contribution in [0.4, 0.5) is 5.13 Å². The van der Waals surface area contributed by atoms with Crippen molar-refractivity contribution in [3.63, 3.8) is 0 Å². The average Bonchev–Trinajstić information content (AvgIpc) is 3.32. The van der Waals surface area contributed by atoms with E-state index in [0.29, 0.717) is 22.9 Å². The van der Waals surface area contributed by atoms with Crippen LogP contribution in [-0.2, 0) is 16.0 Å². The lowest BCUT2D eigenvalue weighted by molar-refractivity contribution is -0.120. The van der Waals surface area contributed by atoms with Crippen LogP contribution in [0.15, 0.2) is 29.6 Å². The zero-order valence-electron chi connectivity index (χ0n) is 19.0. The molecule has 1 saturated carbocycles. The first kappa shape index (κ1) is 23.4. The molecule has 33 heavy (non-hydrogen) atoms. The molecule has 1 aliphatic heterocycles. The summed E-state index contributed by atoms with van der Waals surface area (Å²) < 4.78 is 0. The highest BCUT2D eigenvalue weighted by Gasteiger charge is 2.34. The van der Waals surface area contributed by atoms with E-state index in [4.69, 9.17) is 0 Å². The van der Waals surface area contributed by atoms with Crippen LogP contribution < -0.4 is 10.6 Å². The molecule has 176 valence electrons. The highest BCUT2D eigenvalue weighted by molar-refractivity contribution is 7.13. The Morgan fingerprint density at radius 2 is 1.85 bits per heavy atom. The van der Waals surface area contributed by atoms with Crippen LogP contribution in [0.5, 0.6) is 0 Å². The van der Waals surface area contributed by atoms with E-state index in [1.807, 2.05) is 19.1 Å². The predicted octanol–water partition coefficient (Wildman–Crippen LogP) is 2.45. The van der Waals surface area contributed by atoms with Crippen LogP contribution in [0.25, 0.3) is 0 Å². The molecular weight excluding hydrogens is 438 g/mol. The molecule has 0 atom stereocenters. The Morgan fingerprint density at radius 1 is 1.12 bits per heavy atom. The number of nitrogens with one attached hydrogen (secondary N) is 2. The third-order valence-electron chi connectivity index (χ3n) is 5.95. The van der Waals surface area contributed by atoms with Gasteiger partial charge in [0.15, 0.2) is 5.13 Å². The smallest absolute Gasteiger partial charge is 0.254 e. The molecule has 0 unspecified atom stereocenters. The number of aryl methyl sites for hydroxylation is 1. The van der Waals surface area contributed by atoms with Gasteiger partial charge in [0, 0.05) is 30.1 Å². The molecule has 2 fully saturated rings. The number of thiazole rings is 1. The van der Waals surface area contributed by atoms with Gasteiger partial charge in [-0.2, -0.15) is 0 Å². The normalized spacial score (nSPS) is 15.9. The molecule has 3 amide bonds. The minimum atomic E-state index is -0.279. The Hall–Kier alpha value is -2.78. The number of nitrogens with zero attached hydrogens (tertiary/aromatic N) is 3. The number of carbonyl (C=O) groups excluding carboxylic acids is 3. The number of carbonyl (C=O) groups is 3. The maximum absolute atomic E-state index is 12.9. The maximum atomic E-state index is 12.9. The zero-order valence-corrected chi connectivity index (χ0v) is 19.8. The van der Waals surface area contributed by atoms with E-state index in [9.17, 15) is 14.4 Å². The fourth-order valence-electron chi connectivity index (χ4n) is 3.96. The van der Waals surface area contributed by atoms with Gasteiger partial charge < -0.3 is 20.4 Å². The number of hydrogen-bond acceptors (Lipinski definition) is 6. The minimum Gasteiger partial charge on any atom is -0.354 e. The lowest BCUT2D eigenvalue weighted by atomic mass is 10.1. The van der Waals surface area contributed by atoms with Gasteiger partial charge in [0.05, 0.1) is 12.1 Å². The fraction of sp³-hybridized carbons (Fsp3) is 0.500. The quantitative estimate of drug-likeness (QED) is 0.557. The van der Waals surface area contributed by atoms with Crippen molar-refractivity contribution in [1.29, 1.82) is 0 Å². The second kappa shape index (κ2) is 10.9. The topological polar surface area (TPSA) is 94.6 Å². The van der Waals surface area contributed by atoms with Crippen molar-refractivity contribution in [2.24, 2.45) is 0 Å². The van der Waals surface area contributed by atoms with Crippen LogP contribution in [0, 0.1) is 6.92 Å².